The molecular weight excluding hydrogens is 236 g/mol. The van der Waals surface area contributed by atoms with Crippen molar-refractivity contribution in [1.29, 1.82) is 0 Å². The van der Waals surface area contributed by atoms with Crippen LogP contribution in [0.2, 0.25) is 0 Å². The fourth-order valence-electron chi connectivity index (χ4n) is 2.15. The molecule has 0 saturated carbocycles. The van der Waals surface area contributed by atoms with Gasteiger partial charge in [0.2, 0.25) is 0 Å². The van der Waals surface area contributed by atoms with Crippen LogP contribution in [-0.4, -0.2) is 15.0 Å². The van der Waals surface area contributed by atoms with Gasteiger partial charge in [0.25, 0.3) is 0 Å². The van der Waals surface area contributed by atoms with E-state index in [9.17, 15) is 0 Å². The largest absolute Gasteiger partial charge is 0.383 e. The third-order valence-corrected chi connectivity index (χ3v) is 3.17. The SMILES string of the molecule is Cc1nc(N)c(C)c(-c2ccc3ncccc3c2)n1. The van der Waals surface area contributed by atoms with Crippen molar-refractivity contribution in [3.8, 4) is 11.3 Å². The molecule has 4 nitrogen and oxygen atoms in total. The lowest BCUT2D eigenvalue weighted by atomic mass is 10.0. The summed E-state index contributed by atoms with van der Waals surface area (Å²) in [4.78, 5) is 13.0. The molecule has 2 aromatic heterocycles. The molecule has 0 aliphatic heterocycles. The normalized spacial score (nSPS) is 10.8. The van der Waals surface area contributed by atoms with E-state index in [1.165, 1.54) is 0 Å². The first-order valence-electron chi connectivity index (χ1n) is 6.11. The topological polar surface area (TPSA) is 64.7 Å². The lowest BCUT2D eigenvalue weighted by Crippen LogP contribution is -2.02. The van der Waals surface area contributed by atoms with E-state index in [0.29, 0.717) is 11.6 Å². The molecule has 0 saturated heterocycles. The summed E-state index contributed by atoms with van der Waals surface area (Å²) < 4.78 is 0. The Hall–Kier alpha value is -2.49. The second-order valence-electron chi connectivity index (χ2n) is 4.54. The zero-order chi connectivity index (χ0) is 13.4. The number of aromatic nitrogens is 3. The van der Waals surface area contributed by atoms with Gasteiger partial charge in [-0.05, 0) is 32.0 Å². The molecule has 0 aliphatic rings. The van der Waals surface area contributed by atoms with Gasteiger partial charge < -0.3 is 5.73 Å². The number of nitrogens with zero attached hydrogens (tertiary/aromatic N) is 3. The van der Waals surface area contributed by atoms with Gasteiger partial charge in [0.05, 0.1) is 11.2 Å². The van der Waals surface area contributed by atoms with Crippen LogP contribution in [0.3, 0.4) is 0 Å². The number of fused-ring (bicyclic) bond motifs is 1. The number of pyridine rings is 1. The van der Waals surface area contributed by atoms with E-state index in [-0.39, 0.29) is 0 Å². The molecule has 0 radical (unpaired) electrons. The number of hydrogen-bond acceptors (Lipinski definition) is 4. The molecule has 3 aromatic rings. The smallest absolute Gasteiger partial charge is 0.130 e. The second kappa shape index (κ2) is 4.31. The number of anilines is 1. The minimum Gasteiger partial charge on any atom is -0.383 e. The summed E-state index contributed by atoms with van der Waals surface area (Å²) in [6.07, 6.45) is 1.79. The average molecular weight is 250 g/mol. The Morgan fingerprint density at radius 3 is 2.74 bits per heavy atom. The highest BCUT2D eigenvalue weighted by Gasteiger charge is 2.09. The highest BCUT2D eigenvalue weighted by molar-refractivity contribution is 5.84. The van der Waals surface area contributed by atoms with Crippen LogP contribution < -0.4 is 5.73 Å². The zero-order valence-electron chi connectivity index (χ0n) is 10.9. The van der Waals surface area contributed by atoms with E-state index in [1.54, 1.807) is 6.20 Å². The van der Waals surface area contributed by atoms with Crippen molar-refractivity contribution >= 4 is 16.7 Å². The molecule has 4 heteroatoms. The summed E-state index contributed by atoms with van der Waals surface area (Å²) in [5.41, 5.74) is 9.72. The molecule has 0 atom stereocenters. The van der Waals surface area contributed by atoms with Crippen LogP contribution in [0.5, 0.6) is 0 Å². The summed E-state index contributed by atoms with van der Waals surface area (Å²) >= 11 is 0. The number of nitrogen functional groups attached to an aromatic ring is 1. The Bertz CT molecular complexity index is 765. The molecule has 2 N–H and O–H groups in total. The maximum Gasteiger partial charge on any atom is 0.130 e. The lowest BCUT2D eigenvalue weighted by Gasteiger charge is -2.09. The van der Waals surface area contributed by atoms with E-state index in [1.807, 2.05) is 38.1 Å². The zero-order valence-corrected chi connectivity index (χ0v) is 10.9. The van der Waals surface area contributed by atoms with E-state index in [0.717, 1.165) is 27.7 Å². The Morgan fingerprint density at radius 1 is 1.05 bits per heavy atom. The molecule has 1 aromatic carbocycles. The number of hydrogen-bond donors (Lipinski definition) is 1. The van der Waals surface area contributed by atoms with E-state index >= 15 is 0 Å². The monoisotopic (exact) mass is 250 g/mol. The van der Waals surface area contributed by atoms with Crippen LogP contribution in [0.15, 0.2) is 36.5 Å². The molecule has 0 fully saturated rings. The number of nitrogens with two attached hydrogens (primary N) is 1. The Morgan fingerprint density at radius 2 is 1.89 bits per heavy atom. The molecule has 0 spiro atoms. The fraction of sp³-hybridized carbons (Fsp3) is 0.133. The van der Waals surface area contributed by atoms with E-state index in [4.69, 9.17) is 5.73 Å². The maximum absolute atomic E-state index is 5.91. The summed E-state index contributed by atoms with van der Waals surface area (Å²) in [5.74, 6) is 1.22. The molecule has 0 amide bonds. The van der Waals surface area contributed by atoms with Gasteiger partial charge in [-0.3, -0.25) is 4.98 Å². The first-order chi connectivity index (χ1) is 9.15. The van der Waals surface area contributed by atoms with Crippen LogP contribution in [-0.2, 0) is 0 Å². The van der Waals surface area contributed by atoms with Crippen molar-refractivity contribution in [3.63, 3.8) is 0 Å². The molecular formula is C15H14N4. The second-order valence-corrected chi connectivity index (χ2v) is 4.54. The van der Waals surface area contributed by atoms with Gasteiger partial charge in [0.1, 0.15) is 11.6 Å². The van der Waals surface area contributed by atoms with Crippen molar-refractivity contribution in [2.24, 2.45) is 0 Å². The summed E-state index contributed by atoms with van der Waals surface area (Å²) in [6, 6.07) is 10.1. The number of benzene rings is 1. The molecule has 0 bridgehead atoms. The van der Waals surface area contributed by atoms with Gasteiger partial charge in [-0.2, -0.15) is 0 Å². The van der Waals surface area contributed by atoms with Crippen molar-refractivity contribution in [1.82, 2.24) is 15.0 Å². The van der Waals surface area contributed by atoms with Crippen molar-refractivity contribution in [2.75, 3.05) is 5.73 Å². The minimum atomic E-state index is 0.536. The van der Waals surface area contributed by atoms with Crippen molar-refractivity contribution < 1.29 is 0 Å². The maximum atomic E-state index is 5.91. The summed E-state index contributed by atoms with van der Waals surface area (Å²) in [5, 5.41) is 1.09. The third-order valence-electron chi connectivity index (χ3n) is 3.17. The Kier molecular flexibility index (Phi) is 2.63. The molecule has 94 valence electrons. The van der Waals surface area contributed by atoms with Crippen molar-refractivity contribution in [3.05, 3.63) is 47.9 Å². The van der Waals surface area contributed by atoms with Crippen LogP contribution in [0, 0.1) is 13.8 Å². The predicted octanol–water partition coefficient (Wildman–Crippen LogP) is 2.89. The van der Waals surface area contributed by atoms with Crippen molar-refractivity contribution in [2.45, 2.75) is 13.8 Å². The average Bonchev–Trinajstić information content (AvgIpc) is 2.42. The third kappa shape index (κ3) is 2.01. The summed E-state index contributed by atoms with van der Waals surface area (Å²) in [7, 11) is 0. The molecule has 19 heavy (non-hydrogen) atoms. The molecule has 0 unspecified atom stereocenters. The highest BCUT2D eigenvalue weighted by Crippen LogP contribution is 2.26. The Labute approximate surface area is 111 Å². The standard InChI is InChI=1S/C15H14N4/c1-9-14(18-10(2)19-15(9)16)12-5-6-13-11(8-12)4-3-7-17-13/h3-8H,1-2H3,(H2,16,18,19). The number of rotatable bonds is 1. The Balaban J connectivity index is 2.24. The van der Waals surface area contributed by atoms with Gasteiger partial charge in [-0.25, -0.2) is 9.97 Å². The first kappa shape index (κ1) is 11.6. The quantitative estimate of drug-likeness (QED) is 0.721. The molecule has 3 rings (SSSR count). The van der Waals surface area contributed by atoms with Crippen LogP contribution in [0.4, 0.5) is 5.82 Å². The number of aryl methyl sites for hydroxylation is 1. The van der Waals surface area contributed by atoms with Crippen LogP contribution in [0.25, 0.3) is 22.2 Å². The lowest BCUT2D eigenvalue weighted by molar-refractivity contribution is 1.05. The minimum absolute atomic E-state index is 0.536. The van der Waals surface area contributed by atoms with Crippen LogP contribution >= 0.6 is 0 Å². The predicted molar refractivity (Wildman–Crippen MR) is 76.7 cm³/mol. The van der Waals surface area contributed by atoms with Gasteiger partial charge in [-0.1, -0.05) is 12.1 Å². The first-order valence-corrected chi connectivity index (χ1v) is 6.11. The van der Waals surface area contributed by atoms with Gasteiger partial charge >= 0.3 is 0 Å². The molecule has 2 heterocycles. The van der Waals surface area contributed by atoms with E-state index in [2.05, 4.69) is 21.0 Å². The van der Waals surface area contributed by atoms with Gasteiger partial charge in [0, 0.05) is 22.7 Å². The van der Waals surface area contributed by atoms with Crippen LogP contribution in [0.1, 0.15) is 11.4 Å². The molecule has 0 aliphatic carbocycles. The highest BCUT2D eigenvalue weighted by atomic mass is 14.9. The van der Waals surface area contributed by atoms with Gasteiger partial charge in [-0.15, -0.1) is 0 Å². The summed E-state index contributed by atoms with van der Waals surface area (Å²) in [6.45, 7) is 3.79. The van der Waals surface area contributed by atoms with E-state index < -0.39 is 0 Å². The van der Waals surface area contributed by atoms with Gasteiger partial charge in [0.15, 0.2) is 0 Å². The fourth-order valence-corrected chi connectivity index (χ4v) is 2.15.